The fourth-order valence-electron chi connectivity index (χ4n) is 3.65. The molecular formula is C17H26BrN3O. The fourth-order valence-corrected chi connectivity index (χ4v) is 4.05. The minimum atomic E-state index is 0.534. The van der Waals surface area contributed by atoms with Gasteiger partial charge in [0.15, 0.2) is 0 Å². The second-order valence-corrected chi connectivity index (χ2v) is 7.14. The van der Waals surface area contributed by atoms with Crippen molar-refractivity contribution in [2.24, 2.45) is 5.92 Å². The third-order valence-electron chi connectivity index (χ3n) is 4.72. The number of benzene rings is 1. The van der Waals surface area contributed by atoms with Gasteiger partial charge in [0.25, 0.3) is 0 Å². The van der Waals surface area contributed by atoms with Crippen LogP contribution in [0.5, 0.6) is 0 Å². The van der Waals surface area contributed by atoms with Crippen molar-refractivity contribution >= 4 is 21.6 Å². The van der Waals surface area contributed by atoms with Crippen LogP contribution in [0, 0.1) is 5.92 Å². The van der Waals surface area contributed by atoms with E-state index in [2.05, 4.69) is 50.1 Å². The summed E-state index contributed by atoms with van der Waals surface area (Å²) in [5.41, 5.74) is 1.17. The summed E-state index contributed by atoms with van der Waals surface area (Å²) < 4.78 is 6.75. The zero-order valence-electron chi connectivity index (χ0n) is 13.0. The van der Waals surface area contributed by atoms with Crippen molar-refractivity contribution in [1.82, 2.24) is 10.6 Å². The molecule has 1 saturated carbocycles. The molecule has 3 unspecified atom stereocenters. The van der Waals surface area contributed by atoms with Crippen molar-refractivity contribution in [2.45, 2.75) is 31.3 Å². The van der Waals surface area contributed by atoms with E-state index in [0.717, 1.165) is 37.3 Å². The lowest BCUT2D eigenvalue weighted by atomic mass is 9.94. The normalized spacial score (nSPS) is 28.7. The molecular weight excluding hydrogens is 342 g/mol. The van der Waals surface area contributed by atoms with Gasteiger partial charge in [-0.05, 0) is 37.0 Å². The van der Waals surface area contributed by atoms with Crippen LogP contribution in [-0.4, -0.2) is 44.9 Å². The molecule has 0 spiro atoms. The molecule has 122 valence electrons. The van der Waals surface area contributed by atoms with E-state index < -0.39 is 0 Å². The second-order valence-electron chi connectivity index (χ2n) is 6.23. The largest absolute Gasteiger partial charge is 0.384 e. The molecule has 3 N–H and O–H groups in total. The van der Waals surface area contributed by atoms with E-state index >= 15 is 0 Å². The molecule has 1 aliphatic carbocycles. The van der Waals surface area contributed by atoms with Crippen molar-refractivity contribution in [3.8, 4) is 0 Å². The van der Waals surface area contributed by atoms with Gasteiger partial charge >= 0.3 is 0 Å². The summed E-state index contributed by atoms with van der Waals surface area (Å²) in [4.78, 5) is 0. The van der Waals surface area contributed by atoms with Crippen LogP contribution >= 0.6 is 15.9 Å². The van der Waals surface area contributed by atoms with E-state index in [1.54, 1.807) is 0 Å². The standard InChI is InChI=1S/C17H26BrN3O/c18-13-3-1-4-14(11-13)19-7-8-20-16-6-2-5-15(16)17-12-22-10-9-21-17/h1,3-4,11,15-17,19-21H,2,5-10,12H2. The molecule has 22 heavy (non-hydrogen) atoms. The number of morpholine rings is 1. The van der Waals surface area contributed by atoms with Crippen molar-refractivity contribution in [3.63, 3.8) is 0 Å². The van der Waals surface area contributed by atoms with Gasteiger partial charge in [-0.3, -0.25) is 0 Å². The lowest BCUT2D eigenvalue weighted by Gasteiger charge is -2.33. The number of anilines is 1. The van der Waals surface area contributed by atoms with E-state index in [4.69, 9.17) is 4.74 Å². The Morgan fingerprint density at radius 2 is 2.23 bits per heavy atom. The predicted octanol–water partition coefficient (Wildman–Crippen LogP) is 2.61. The van der Waals surface area contributed by atoms with Crippen LogP contribution in [0.25, 0.3) is 0 Å². The fraction of sp³-hybridized carbons (Fsp3) is 0.647. The van der Waals surface area contributed by atoms with E-state index in [1.807, 2.05) is 6.07 Å². The maximum Gasteiger partial charge on any atom is 0.0623 e. The van der Waals surface area contributed by atoms with Crippen LogP contribution in [0.15, 0.2) is 28.7 Å². The molecule has 0 aromatic heterocycles. The molecule has 0 bridgehead atoms. The minimum Gasteiger partial charge on any atom is -0.384 e. The monoisotopic (exact) mass is 367 g/mol. The average Bonchev–Trinajstić information content (AvgIpc) is 3.01. The minimum absolute atomic E-state index is 0.534. The van der Waals surface area contributed by atoms with Gasteiger partial charge in [0.1, 0.15) is 0 Å². The van der Waals surface area contributed by atoms with Crippen molar-refractivity contribution in [1.29, 1.82) is 0 Å². The molecule has 1 saturated heterocycles. The summed E-state index contributed by atoms with van der Waals surface area (Å²) in [5, 5.41) is 10.8. The first-order valence-electron chi connectivity index (χ1n) is 8.37. The van der Waals surface area contributed by atoms with Gasteiger partial charge < -0.3 is 20.7 Å². The summed E-state index contributed by atoms with van der Waals surface area (Å²) >= 11 is 3.50. The summed E-state index contributed by atoms with van der Waals surface area (Å²) in [6, 6.07) is 9.48. The highest BCUT2D eigenvalue weighted by atomic mass is 79.9. The number of hydrogen-bond acceptors (Lipinski definition) is 4. The Morgan fingerprint density at radius 1 is 1.27 bits per heavy atom. The smallest absolute Gasteiger partial charge is 0.0623 e. The quantitative estimate of drug-likeness (QED) is 0.676. The number of ether oxygens (including phenoxy) is 1. The zero-order valence-corrected chi connectivity index (χ0v) is 14.6. The summed E-state index contributed by atoms with van der Waals surface area (Å²) in [6.07, 6.45) is 3.94. The van der Waals surface area contributed by atoms with E-state index in [9.17, 15) is 0 Å². The Kier molecular flexibility index (Phi) is 6.12. The topological polar surface area (TPSA) is 45.3 Å². The van der Waals surface area contributed by atoms with Crippen LogP contribution in [0.2, 0.25) is 0 Å². The van der Waals surface area contributed by atoms with Gasteiger partial charge in [0, 0.05) is 41.9 Å². The van der Waals surface area contributed by atoms with Crippen LogP contribution in [0.3, 0.4) is 0 Å². The number of nitrogens with one attached hydrogen (secondary N) is 3. The van der Waals surface area contributed by atoms with Gasteiger partial charge in [-0.2, -0.15) is 0 Å². The van der Waals surface area contributed by atoms with Gasteiger partial charge in [-0.15, -0.1) is 0 Å². The van der Waals surface area contributed by atoms with E-state index in [1.165, 1.54) is 24.9 Å². The van der Waals surface area contributed by atoms with Gasteiger partial charge in [-0.1, -0.05) is 28.4 Å². The molecule has 1 heterocycles. The van der Waals surface area contributed by atoms with Crippen LogP contribution in [0.4, 0.5) is 5.69 Å². The Hall–Kier alpha value is -0.620. The van der Waals surface area contributed by atoms with Crippen LogP contribution in [-0.2, 0) is 4.74 Å². The highest BCUT2D eigenvalue weighted by Gasteiger charge is 2.34. The maximum atomic E-state index is 5.63. The molecule has 1 aromatic carbocycles. The SMILES string of the molecule is Brc1cccc(NCCNC2CCCC2C2COCCN2)c1. The lowest BCUT2D eigenvalue weighted by Crippen LogP contribution is -2.51. The molecule has 5 heteroatoms. The highest BCUT2D eigenvalue weighted by Crippen LogP contribution is 2.29. The zero-order chi connectivity index (χ0) is 15.2. The van der Waals surface area contributed by atoms with Crippen LogP contribution < -0.4 is 16.0 Å². The van der Waals surface area contributed by atoms with Crippen molar-refractivity contribution < 1.29 is 4.74 Å². The molecule has 0 amide bonds. The van der Waals surface area contributed by atoms with E-state index in [-0.39, 0.29) is 0 Å². The first-order chi connectivity index (χ1) is 10.8. The molecule has 0 radical (unpaired) electrons. The van der Waals surface area contributed by atoms with Gasteiger partial charge in [0.2, 0.25) is 0 Å². The second kappa shape index (κ2) is 8.29. The maximum absolute atomic E-state index is 5.63. The highest BCUT2D eigenvalue weighted by molar-refractivity contribution is 9.10. The molecule has 4 nitrogen and oxygen atoms in total. The average molecular weight is 368 g/mol. The van der Waals surface area contributed by atoms with Gasteiger partial charge in [0.05, 0.1) is 13.2 Å². The molecule has 1 aromatic rings. The third-order valence-corrected chi connectivity index (χ3v) is 5.22. The Labute approximate surface area is 141 Å². The third kappa shape index (κ3) is 4.44. The molecule has 2 fully saturated rings. The molecule has 2 aliphatic rings. The number of hydrogen-bond donors (Lipinski definition) is 3. The summed E-state index contributed by atoms with van der Waals surface area (Å²) in [6.45, 7) is 4.69. The van der Waals surface area contributed by atoms with E-state index in [0.29, 0.717) is 18.0 Å². The lowest BCUT2D eigenvalue weighted by molar-refractivity contribution is 0.0526. The van der Waals surface area contributed by atoms with Crippen LogP contribution in [0.1, 0.15) is 19.3 Å². The molecule has 3 rings (SSSR count). The Bertz CT molecular complexity index is 465. The molecule has 1 aliphatic heterocycles. The van der Waals surface area contributed by atoms with Crippen molar-refractivity contribution in [3.05, 3.63) is 28.7 Å². The summed E-state index contributed by atoms with van der Waals surface area (Å²) in [5.74, 6) is 0.714. The van der Waals surface area contributed by atoms with Crippen molar-refractivity contribution in [2.75, 3.05) is 38.2 Å². The summed E-state index contributed by atoms with van der Waals surface area (Å²) in [7, 11) is 0. The van der Waals surface area contributed by atoms with Gasteiger partial charge in [-0.25, -0.2) is 0 Å². The molecule has 3 atom stereocenters. The Balaban J connectivity index is 1.40. The Morgan fingerprint density at radius 3 is 3.05 bits per heavy atom. The first-order valence-corrected chi connectivity index (χ1v) is 9.16. The predicted molar refractivity (Wildman–Crippen MR) is 94.4 cm³/mol. The first kappa shape index (κ1) is 16.2. The number of rotatable bonds is 6. The number of halogens is 1.